The van der Waals surface area contributed by atoms with Crippen LogP contribution in [-0.2, 0) is 0 Å². The molecule has 0 spiro atoms. The summed E-state index contributed by atoms with van der Waals surface area (Å²) in [6.07, 6.45) is 5.00. The van der Waals surface area contributed by atoms with Gasteiger partial charge in [0.1, 0.15) is 5.69 Å². The van der Waals surface area contributed by atoms with Gasteiger partial charge in [0.25, 0.3) is 11.5 Å². The van der Waals surface area contributed by atoms with Crippen LogP contribution in [0.25, 0.3) is 11.1 Å². The number of H-pyrrole nitrogens is 1. The average Bonchev–Trinajstić information content (AvgIpc) is 2.91. The second-order valence-electron chi connectivity index (χ2n) is 8.72. The van der Waals surface area contributed by atoms with E-state index in [0.29, 0.717) is 5.56 Å². The number of pyridine rings is 2. The Morgan fingerprint density at radius 2 is 1.69 bits per heavy atom. The van der Waals surface area contributed by atoms with Gasteiger partial charge in [0.05, 0.1) is 0 Å². The first-order chi connectivity index (χ1) is 17.1. The van der Waals surface area contributed by atoms with Crippen LogP contribution in [-0.4, -0.2) is 78.0 Å². The number of aromatic amines is 1. The molecule has 0 saturated carbocycles. The summed E-state index contributed by atoms with van der Waals surface area (Å²) in [5, 5.41) is 2.75. The molecule has 4 rings (SSSR count). The van der Waals surface area contributed by atoms with E-state index in [9.17, 15) is 9.59 Å². The zero-order valence-corrected chi connectivity index (χ0v) is 20.5. The Bertz CT molecular complexity index is 1150. The molecule has 35 heavy (non-hydrogen) atoms. The van der Waals surface area contributed by atoms with E-state index in [0.717, 1.165) is 69.2 Å². The summed E-state index contributed by atoms with van der Waals surface area (Å²) in [5.41, 5.74) is 3.21. The lowest BCUT2D eigenvalue weighted by Gasteiger charge is -2.37. The minimum absolute atomic E-state index is 0.217. The second-order valence-corrected chi connectivity index (χ2v) is 8.72. The van der Waals surface area contributed by atoms with Crippen LogP contribution in [0.2, 0.25) is 0 Å². The summed E-state index contributed by atoms with van der Waals surface area (Å²) in [6, 6.07) is 13.0. The molecule has 1 aromatic carbocycles. The fourth-order valence-corrected chi connectivity index (χ4v) is 4.36. The Kier molecular flexibility index (Phi) is 8.28. The van der Waals surface area contributed by atoms with E-state index < -0.39 is 0 Å². The number of hydrogen-bond acceptors (Lipinski definition) is 6. The third-order valence-electron chi connectivity index (χ3n) is 6.66. The van der Waals surface area contributed by atoms with E-state index in [-0.39, 0.29) is 17.2 Å². The molecule has 0 bridgehead atoms. The minimum Gasteiger partial charge on any atom is -0.369 e. The fourth-order valence-electron chi connectivity index (χ4n) is 4.36. The smallest absolute Gasteiger partial charge is 0.271 e. The number of carbonyl (C=O) groups is 1. The first kappa shape index (κ1) is 24.6. The van der Waals surface area contributed by atoms with E-state index in [1.54, 1.807) is 24.7 Å². The summed E-state index contributed by atoms with van der Waals surface area (Å²) in [5.74, 6) is -0.310. The fraction of sp³-hybridized carbons (Fsp3) is 0.370. The molecule has 3 heterocycles. The van der Waals surface area contributed by atoms with Crippen molar-refractivity contribution >= 4 is 17.3 Å². The molecule has 2 aromatic heterocycles. The van der Waals surface area contributed by atoms with Crippen molar-refractivity contribution in [2.24, 2.45) is 0 Å². The molecule has 184 valence electrons. The molecule has 0 radical (unpaired) electrons. The van der Waals surface area contributed by atoms with Crippen LogP contribution in [0.1, 0.15) is 24.2 Å². The first-order valence-corrected chi connectivity index (χ1v) is 12.3. The van der Waals surface area contributed by atoms with Crippen LogP contribution >= 0.6 is 0 Å². The summed E-state index contributed by atoms with van der Waals surface area (Å²) in [7, 11) is 0. The van der Waals surface area contributed by atoms with E-state index in [1.165, 1.54) is 0 Å². The van der Waals surface area contributed by atoms with E-state index in [1.807, 2.05) is 36.4 Å². The average molecular weight is 475 g/mol. The standard InChI is InChI=1S/C27H34N6O2/c1-3-31(4-2)13-14-32-15-17-33(18-16-32)24-7-5-22(6-8-24)26(34)30-25-19-23(20-29-27(25)35)21-9-11-28-12-10-21/h5-12,19-20H,3-4,13-18H2,1-2H3,(H,29,35)(H,30,34). The van der Waals surface area contributed by atoms with Gasteiger partial charge in [0, 0.05) is 74.7 Å². The number of nitrogens with one attached hydrogen (secondary N) is 2. The number of carbonyl (C=O) groups excluding carboxylic acids is 1. The summed E-state index contributed by atoms with van der Waals surface area (Å²) in [6.45, 7) is 12.9. The Labute approximate surface area is 206 Å². The SMILES string of the molecule is CCN(CC)CCN1CCN(c2ccc(C(=O)Nc3cc(-c4ccncc4)c[nH]c3=O)cc2)CC1. The van der Waals surface area contributed by atoms with Gasteiger partial charge in [-0.1, -0.05) is 13.8 Å². The molecule has 1 saturated heterocycles. The molecule has 8 heteroatoms. The van der Waals surface area contributed by atoms with Gasteiger partial charge >= 0.3 is 0 Å². The van der Waals surface area contributed by atoms with Crippen LogP contribution in [0.5, 0.6) is 0 Å². The quantitative estimate of drug-likeness (QED) is 0.496. The van der Waals surface area contributed by atoms with Crippen molar-refractivity contribution < 1.29 is 4.79 Å². The van der Waals surface area contributed by atoms with Crippen LogP contribution in [0.4, 0.5) is 11.4 Å². The van der Waals surface area contributed by atoms with Crippen molar-refractivity contribution in [1.82, 2.24) is 19.8 Å². The van der Waals surface area contributed by atoms with Crippen LogP contribution in [0.15, 0.2) is 65.8 Å². The number of amides is 1. The van der Waals surface area contributed by atoms with Crippen molar-refractivity contribution in [1.29, 1.82) is 0 Å². The maximum atomic E-state index is 12.8. The highest BCUT2D eigenvalue weighted by Gasteiger charge is 2.18. The van der Waals surface area contributed by atoms with Crippen molar-refractivity contribution in [3.63, 3.8) is 0 Å². The highest BCUT2D eigenvalue weighted by molar-refractivity contribution is 6.04. The molecule has 1 fully saturated rings. The lowest BCUT2D eigenvalue weighted by molar-refractivity contribution is 0.102. The Morgan fingerprint density at radius 1 is 1.00 bits per heavy atom. The number of nitrogens with zero attached hydrogens (tertiary/aromatic N) is 4. The highest BCUT2D eigenvalue weighted by atomic mass is 16.2. The normalized spacial score (nSPS) is 14.3. The van der Waals surface area contributed by atoms with E-state index in [2.05, 4.69) is 43.8 Å². The van der Waals surface area contributed by atoms with Crippen molar-refractivity contribution in [3.05, 3.63) is 77.0 Å². The lowest BCUT2D eigenvalue weighted by atomic mass is 10.1. The molecule has 1 amide bonds. The molecule has 0 aliphatic carbocycles. The third-order valence-corrected chi connectivity index (χ3v) is 6.66. The maximum absolute atomic E-state index is 12.8. The first-order valence-electron chi connectivity index (χ1n) is 12.3. The second kappa shape index (κ2) is 11.8. The number of benzene rings is 1. The van der Waals surface area contributed by atoms with Crippen molar-refractivity contribution in [2.45, 2.75) is 13.8 Å². The van der Waals surface area contributed by atoms with Gasteiger partial charge in [-0.05, 0) is 61.1 Å². The molecule has 1 aliphatic heterocycles. The molecular formula is C27H34N6O2. The third kappa shape index (κ3) is 6.35. The van der Waals surface area contributed by atoms with Gasteiger partial charge in [-0.25, -0.2) is 0 Å². The molecule has 1 aliphatic rings. The number of aromatic nitrogens is 2. The van der Waals surface area contributed by atoms with Crippen molar-refractivity contribution in [2.75, 3.05) is 62.6 Å². The predicted octanol–water partition coefficient (Wildman–Crippen LogP) is 3.15. The number of piperazine rings is 1. The largest absolute Gasteiger partial charge is 0.369 e. The number of anilines is 2. The van der Waals surface area contributed by atoms with Crippen LogP contribution < -0.4 is 15.8 Å². The Morgan fingerprint density at radius 3 is 2.34 bits per heavy atom. The molecule has 0 unspecified atom stereocenters. The number of rotatable bonds is 9. The zero-order chi connectivity index (χ0) is 24.6. The molecule has 0 atom stereocenters. The Balaban J connectivity index is 1.34. The van der Waals surface area contributed by atoms with Gasteiger partial charge in [-0.2, -0.15) is 0 Å². The van der Waals surface area contributed by atoms with E-state index >= 15 is 0 Å². The van der Waals surface area contributed by atoms with Crippen LogP contribution in [0, 0.1) is 0 Å². The zero-order valence-electron chi connectivity index (χ0n) is 20.5. The van der Waals surface area contributed by atoms with Gasteiger partial charge in [-0.3, -0.25) is 19.5 Å². The van der Waals surface area contributed by atoms with Crippen LogP contribution in [0.3, 0.4) is 0 Å². The summed E-state index contributed by atoms with van der Waals surface area (Å²) >= 11 is 0. The van der Waals surface area contributed by atoms with Gasteiger partial charge < -0.3 is 20.1 Å². The number of hydrogen-bond donors (Lipinski definition) is 2. The summed E-state index contributed by atoms with van der Waals surface area (Å²) < 4.78 is 0. The predicted molar refractivity (Wildman–Crippen MR) is 141 cm³/mol. The van der Waals surface area contributed by atoms with E-state index in [4.69, 9.17) is 0 Å². The van der Waals surface area contributed by atoms with Gasteiger partial charge in [0.2, 0.25) is 0 Å². The Hall–Kier alpha value is -3.49. The maximum Gasteiger partial charge on any atom is 0.271 e. The number of likely N-dealkylation sites (N-methyl/N-ethyl adjacent to an activating group) is 1. The summed E-state index contributed by atoms with van der Waals surface area (Å²) in [4.78, 5) is 39.2. The molecule has 3 aromatic rings. The minimum atomic E-state index is -0.341. The molecule has 8 nitrogen and oxygen atoms in total. The monoisotopic (exact) mass is 474 g/mol. The van der Waals surface area contributed by atoms with Gasteiger partial charge in [-0.15, -0.1) is 0 Å². The lowest BCUT2D eigenvalue weighted by Crippen LogP contribution is -2.48. The van der Waals surface area contributed by atoms with Gasteiger partial charge in [0.15, 0.2) is 0 Å². The highest BCUT2D eigenvalue weighted by Crippen LogP contribution is 2.20. The molecule has 2 N–H and O–H groups in total. The topological polar surface area (TPSA) is 84.6 Å². The van der Waals surface area contributed by atoms with Crippen molar-refractivity contribution in [3.8, 4) is 11.1 Å². The molecular weight excluding hydrogens is 440 g/mol.